The Balaban J connectivity index is 1.69. The third kappa shape index (κ3) is 3.66. The molecule has 7 heteroatoms. The van der Waals surface area contributed by atoms with Crippen LogP contribution in [0.4, 0.5) is 21.9 Å². The molecule has 1 aliphatic rings. The van der Waals surface area contributed by atoms with E-state index in [0.717, 1.165) is 17.7 Å². The van der Waals surface area contributed by atoms with Gasteiger partial charge in [-0.1, -0.05) is 0 Å². The maximum absolute atomic E-state index is 12.5. The Hall–Kier alpha value is -3.35. The molecule has 0 aromatic heterocycles. The van der Waals surface area contributed by atoms with E-state index >= 15 is 0 Å². The molecule has 26 heavy (non-hydrogen) atoms. The summed E-state index contributed by atoms with van der Waals surface area (Å²) in [7, 11) is 1.54. The zero-order chi connectivity index (χ0) is 18.7. The van der Waals surface area contributed by atoms with E-state index in [9.17, 15) is 14.4 Å². The highest BCUT2D eigenvalue weighted by Crippen LogP contribution is 2.29. The summed E-state index contributed by atoms with van der Waals surface area (Å²) in [6, 6.07) is 11.9. The molecule has 2 aromatic rings. The second-order valence-corrected chi connectivity index (χ2v) is 6.00. The molecule has 134 valence electrons. The van der Waals surface area contributed by atoms with Crippen molar-refractivity contribution in [3.63, 3.8) is 0 Å². The molecule has 0 atom stereocenters. The van der Waals surface area contributed by atoms with Crippen LogP contribution in [0.5, 0.6) is 0 Å². The predicted molar refractivity (Wildman–Crippen MR) is 101 cm³/mol. The van der Waals surface area contributed by atoms with Gasteiger partial charge in [0.25, 0.3) is 5.91 Å². The summed E-state index contributed by atoms with van der Waals surface area (Å²) >= 11 is 0. The summed E-state index contributed by atoms with van der Waals surface area (Å²) in [6.07, 6.45) is 0.746. The van der Waals surface area contributed by atoms with E-state index < -0.39 is 0 Å². The largest absolute Gasteiger partial charge is 0.341 e. The number of anilines is 3. The SMILES string of the molecule is CNC(=O)Nc1ccc(NC(=O)c2ccc3c(c2)CCN3C(C)=O)cc1. The molecule has 4 amide bonds. The molecule has 1 heterocycles. The van der Waals surface area contributed by atoms with Crippen LogP contribution < -0.4 is 20.9 Å². The number of hydrogen-bond acceptors (Lipinski definition) is 3. The number of nitrogens with zero attached hydrogens (tertiary/aromatic N) is 1. The van der Waals surface area contributed by atoms with Crippen LogP contribution >= 0.6 is 0 Å². The highest BCUT2D eigenvalue weighted by molar-refractivity contribution is 6.05. The summed E-state index contributed by atoms with van der Waals surface area (Å²) in [6.45, 7) is 2.19. The van der Waals surface area contributed by atoms with E-state index in [4.69, 9.17) is 0 Å². The molecule has 1 aliphatic heterocycles. The van der Waals surface area contributed by atoms with Crippen LogP contribution in [-0.2, 0) is 11.2 Å². The second-order valence-electron chi connectivity index (χ2n) is 6.00. The molecular weight excluding hydrogens is 332 g/mol. The fraction of sp³-hybridized carbons (Fsp3) is 0.211. The maximum Gasteiger partial charge on any atom is 0.318 e. The number of fused-ring (bicyclic) bond motifs is 1. The molecule has 0 saturated heterocycles. The van der Waals surface area contributed by atoms with Gasteiger partial charge in [0.1, 0.15) is 0 Å². The van der Waals surface area contributed by atoms with Crippen LogP contribution in [0.15, 0.2) is 42.5 Å². The lowest BCUT2D eigenvalue weighted by Crippen LogP contribution is -2.25. The van der Waals surface area contributed by atoms with Gasteiger partial charge in [-0.2, -0.15) is 0 Å². The van der Waals surface area contributed by atoms with Crippen molar-refractivity contribution in [1.29, 1.82) is 0 Å². The molecule has 7 nitrogen and oxygen atoms in total. The van der Waals surface area contributed by atoms with Crippen LogP contribution in [-0.4, -0.2) is 31.4 Å². The molecule has 0 radical (unpaired) electrons. The molecule has 2 aromatic carbocycles. The highest BCUT2D eigenvalue weighted by Gasteiger charge is 2.23. The van der Waals surface area contributed by atoms with Crippen molar-refractivity contribution >= 4 is 34.9 Å². The molecule has 0 saturated carbocycles. The summed E-state index contributed by atoms with van der Waals surface area (Å²) in [5, 5.41) is 7.95. The lowest BCUT2D eigenvalue weighted by atomic mass is 10.1. The Kier molecular flexibility index (Phi) is 4.88. The average Bonchev–Trinajstić information content (AvgIpc) is 3.06. The standard InChI is InChI=1S/C19H20N4O3/c1-12(24)23-10-9-13-11-14(3-8-17(13)23)18(25)21-15-4-6-16(7-5-15)22-19(26)20-2/h3-8,11H,9-10H2,1-2H3,(H,21,25)(H2,20,22,26). The van der Waals surface area contributed by atoms with Gasteiger partial charge in [-0.15, -0.1) is 0 Å². The number of rotatable bonds is 3. The van der Waals surface area contributed by atoms with Gasteiger partial charge >= 0.3 is 6.03 Å². The van der Waals surface area contributed by atoms with E-state index in [2.05, 4.69) is 16.0 Å². The summed E-state index contributed by atoms with van der Waals surface area (Å²) in [5.74, 6) is -0.215. The fourth-order valence-electron chi connectivity index (χ4n) is 2.90. The molecule has 0 aliphatic carbocycles. The minimum Gasteiger partial charge on any atom is -0.341 e. The second kappa shape index (κ2) is 7.26. The number of carbonyl (C=O) groups excluding carboxylic acids is 3. The van der Waals surface area contributed by atoms with Gasteiger partial charge in [-0.25, -0.2) is 4.79 Å². The van der Waals surface area contributed by atoms with Crippen LogP contribution in [0.25, 0.3) is 0 Å². The Labute approximate surface area is 151 Å². The highest BCUT2D eigenvalue weighted by atomic mass is 16.2. The minimum atomic E-state index is -0.306. The van der Waals surface area contributed by atoms with E-state index in [1.54, 1.807) is 42.2 Å². The molecule has 0 fully saturated rings. The molecule has 3 N–H and O–H groups in total. The van der Waals surface area contributed by atoms with Crippen LogP contribution in [0, 0.1) is 0 Å². The lowest BCUT2D eigenvalue weighted by molar-refractivity contribution is -0.116. The van der Waals surface area contributed by atoms with Crippen LogP contribution in [0.3, 0.4) is 0 Å². The van der Waals surface area contributed by atoms with Crippen LogP contribution in [0.1, 0.15) is 22.8 Å². The zero-order valence-electron chi connectivity index (χ0n) is 14.6. The first kappa shape index (κ1) is 17.5. The Morgan fingerprint density at radius 2 is 1.62 bits per heavy atom. The fourth-order valence-corrected chi connectivity index (χ4v) is 2.90. The number of nitrogens with one attached hydrogen (secondary N) is 3. The number of carbonyl (C=O) groups is 3. The Morgan fingerprint density at radius 1 is 0.962 bits per heavy atom. The third-order valence-corrected chi connectivity index (χ3v) is 4.25. The van der Waals surface area contributed by atoms with Crippen molar-refractivity contribution in [3.8, 4) is 0 Å². The lowest BCUT2D eigenvalue weighted by Gasteiger charge is -2.14. The first-order valence-electron chi connectivity index (χ1n) is 8.29. The van der Waals surface area contributed by atoms with Gasteiger partial charge in [0, 0.05) is 43.1 Å². The van der Waals surface area contributed by atoms with E-state index in [1.807, 2.05) is 12.1 Å². The van der Waals surface area contributed by atoms with Crippen molar-refractivity contribution in [2.24, 2.45) is 0 Å². The maximum atomic E-state index is 12.5. The van der Waals surface area contributed by atoms with Gasteiger partial charge in [-0.05, 0) is 54.4 Å². The van der Waals surface area contributed by atoms with Crippen molar-refractivity contribution < 1.29 is 14.4 Å². The monoisotopic (exact) mass is 352 g/mol. The zero-order valence-corrected chi connectivity index (χ0v) is 14.6. The number of amides is 4. The summed E-state index contributed by atoms with van der Waals surface area (Å²) in [4.78, 5) is 37.1. The van der Waals surface area contributed by atoms with Gasteiger partial charge in [-0.3, -0.25) is 9.59 Å². The minimum absolute atomic E-state index is 0.00593. The number of urea groups is 1. The van der Waals surface area contributed by atoms with Gasteiger partial charge < -0.3 is 20.9 Å². The van der Waals surface area contributed by atoms with E-state index in [-0.39, 0.29) is 17.8 Å². The number of benzene rings is 2. The predicted octanol–water partition coefficient (Wildman–Crippen LogP) is 2.60. The molecule has 0 spiro atoms. The van der Waals surface area contributed by atoms with Gasteiger partial charge in [0.2, 0.25) is 5.91 Å². The quantitative estimate of drug-likeness (QED) is 0.793. The van der Waals surface area contributed by atoms with Crippen molar-refractivity contribution in [3.05, 3.63) is 53.6 Å². The van der Waals surface area contributed by atoms with Gasteiger partial charge in [0.05, 0.1) is 0 Å². The molecule has 0 bridgehead atoms. The van der Waals surface area contributed by atoms with E-state index in [0.29, 0.717) is 23.5 Å². The van der Waals surface area contributed by atoms with Crippen molar-refractivity contribution in [2.75, 3.05) is 29.1 Å². The Bertz CT molecular complexity index is 862. The molecular formula is C19H20N4O3. The first-order chi connectivity index (χ1) is 12.5. The van der Waals surface area contributed by atoms with E-state index in [1.165, 1.54) is 7.05 Å². The molecule has 0 unspecified atom stereocenters. The first-order valence-corrected chi connectivity index (χ1v) is 8.29. The normalized spacial score (nSPS) is 12.3. The average molecular weight is 352 g/mol. The van der Waals surface area contributed by atoms with Crippen LogP contribution in [0.2, 0.25) is 0 Å². The number of hydrogen-bond donors (Lipinski definition) is 3. The Morgan fingerprint density at radius 3 is 2.23 bits per heavy atom. The van der Waals surface area contributed by atoms with Crippen molar-refractivity contribution in [2.45, 2.75) is 13.3 Å². The van der Waals surface area contributed by atoms with Gasteiger partial charge in [0.15, 0.2) is 0 Å². The van der Waals surface area contributed by atoms with Crippen molar-refractivity contribution in [1.82, 2.24) is 5.32 Å². The third-order valence-electron chi connectivity index (χ3n) is 4.25. The summed E-state index contributed by atoms with van der Waals surface area (Å²) < 4.78 is 0. The summed E-state index contributed by atoms with van der Waals surface area (Å²) in [5.41, 5.74) is 3.67. The topological polar surface area (TPSA) is 90.5 Å². The molecule has 3 rings (SSSR count). The smallest absolute Gasteiger partial charge is 0.318 e.